The first-order chi connectivity index (χ1) is 12.1. The minimum Gasteiger partial charge on any atom is -0.473 e. The first-order valence-electron chi connectivity index (χ1n) is 8.56. The molecule has 1 aliphatic rings. The van der Waals surface area contributed by atoms with Gasteiger partial charge in [0, 0.05) is 30.7 Å². The van der Waals surface area contributed by atoms with Crippen LogP contribution in [0.3, 0.4) is 0 Å². The van der Waals surface area contributed by atoms with Crippen molar-refractivity contribution in [3.63, 3.8) is 0 Å². The van der Waals surface area contributed by atoms with Crippen LogP contribution < -0.4 is 9.64 Å². The van der Waals surface area contributed by atoms with Gasteiger partial charge in [-0.25, -0.2) is 9.65 Å². The summed E-state index contributed by atoms with van der Waals surface area (Å²) in [7, 11) is 0. The van der Waals surface area contributed by atoms with Gasteiger partial charge in [-0.15, -0.1) is 0 Å². The average molecular weight is 337 g/mol. The molecule has 1 atom stereocenters. The zero-order valence-corrected chi connectivity index (χ0v) is 14.6. The quantitative estimate of drug-likeness (QED) is 0.795. The monoisotopic (exact) mass is 337 g/mol. The van der Waals surface area contributed by atoms with E-state index in [1.165, 1.54) is 6.07 Å². The zero-order chi connectivity index (χ0) is 17.8. The van der Waals surface area contributed by atoms with E-state index in [1.807, 2.05) is 25.1 Å². The van der Waals surface area contributed by atoms with Crippen LogP contribution in [0.4, 0.5) is 10.2 Å². The Morgan fingerprint density at radius 2 is 2.24 bits per heavy atom. The van der Waals surface area contributed by atoms with Crippen molar-refractivity contribution in [3.05, 3.63) is 53.3 Å². The molecule has 1 aromatic heterocycles. The van der Waals surface area contributed by atoms with Crippen LogP contribution in [0.5, 0.6) is 5.88 Å². The standard InChI is InChI=1S/C19H21BFN3O/c1-14-6-7-16(17(21)10-14)12-25-19-5-3-4-18(23-19)24-9-8-20(13-22)15(2)11-24/h3-7,10,15H,8-9,11-12H2,1-2H3/t15-/m0/s1. The number of hydrogen-bond donors (Lipinski definition) is 0. The lowest BCUT2D eigenvalue weighted by Gasteiger charge is -2.33. The summed E-state index contributed by atoms with van der Waals surface area (Å²) in [5, 5.41) is 9.15. The molecule has 3 rings (SSSR count). The molecule has 2 heterocycles. The van der Waals surface area contributed by atoms with Crippen LogP contribution in [-0.4, -0.2) is 24.8 Å². The first-order valence-corrected chi connectivity index (χ1v) is 8.56. The Morgan fingerprint density at radius 3 is 2.96 bits per heavy atom. The highest BCUT2D eigenvalue weighted by atomic mass is 19.1. The Morgan fingerprint density at radius 1 is 1.40 bits per heavy atom. The second-order valence-electron chi connectivity index (χ2n) is 6.67. The molecule has 0 unspecified atom stereocenters. The van der Waals surface area contributed by atoms with Gasteiger partial charge >= 0.3 is 0 Å². The van der Waals surface area contributed by atoms with E-state index < -0.39 is 0 Å². The fourth-order valence-electron chi connectivity index (χ4n) is 3.13. The van der Waals surface area contributed by atoms with Crippen molar-refractivity contribution in [2.45, 2.75) is 32.6 Å². The second-order valence-corrected chi connectivity index (χ2v) is 6.67. The van der Waals surface area contributed by atoms with E-state index >= 15 is 0 Å². The van der Waals surface area contributed by atoms with E-state index in [4.69, 9.17) is 10.00 Å². The van der Waals surface area contributed by atoms with Gasteiger partial charge in [-0.05, 0) is 36.8 Å². The normalized spacial score (nSPS) is 17.3. The summed E-state index contributed by atoms with van der Waals surface area (Å²) in [6, 6.07) is 10.7. The molecule has 0 amide bonds. The van der Waals surface area contributed by atoms with Gasteiger partial charge in [0.25, 0.3) is 6.71 Å². The molecule has 2 aromatic rings. The van der Waals surface area contributed by atoms with Crippen LogP contribution in [0.25, 0.3) is 0 Å². The van der Waals surface area contributed by atoms with E-state index in [0.717, 1.165) is 30.8 Å². The van der Waals surface area contributed by atoms with Gasteiger partial charge in [0.15, 0.2) is 0 Å². The molecule has 0 N–H and O–H groups in total. The number of aryl methyl sites for hydroxylation is 1. The number of rotatable bonds is 4. The highest BCUT2D eigenvalue weighted by molar-refractivity contribution is 6.68. The molecule has 0 bridgehead atoms. The fourth-order valence-corrected chi connectivity index (χ4v) is 3.13. The molecule has 0 radical (unpaired) electrons. The van der Waals surface area contributed by atoms with Crippen molar-refractivity contribution < 1.29 is 9.13 Å². The molecule has 4 nitrogen and oxygen atoms in total. The number of nitriles is 1. The zero-order valence-electron chi connectivity index (χ0n) is 14.6. The molecular formula is C19H21BFN3O. The third kappa shape index (κ3) is 4.11. The predicted molar refractivity (Wildman–Crippen MR) is 97.5 cm³/mol. The largest absolute Gasteiger partial charge is 0.473 e. The van der Waals surface area contributed by atoms with Crippen molar-refractivity contribution in [3.8, 4) is 11.8 Å². The number of halogens is 1. The highest BCUT2D eigenvalue weighted by Gasteiger charge is 2.30. The van der Waals surface area contributed by atoms with Gasteiger partial charge in [-0.3, -0.25) is 0 Å². The maximum atomic E-state index is 13.9. The van der Waals surface area contributed by atoms with Gasteiger partial charge < -0.3 is 9.64 Å². The molecular weight excluding hydrogens is 316 g/mol. The maximum absolute atomic E-state index is 13.9. The van der Waals surface area contributed by atoms with E-state index in [-0.39, 0.29) is 19.1 Å². The number of anilines is 1. The summed E-state index contributed by atoms with van der Waals surface area (Å²) in [6.07, 6.45) is 0.846. The molecule has 25 heavy (non-hydrogen) atoms. The van der Waals surface area contributed by atoms with Crippen LogP contribution in [0.15, 0.2) is 36.4 Å². The third-order valence-corrected chi connectivity index (χ3v) is 4.69. The molecule has 1 fully saturated rings. The van der Waals surface area contributed by atoms with Crippen molar-refractivity contribution in [1.82, 2.24) is 4.98 Å². The Hall–Kier alpha value is -2.55. The minimum absolute atomic E-state index is 0.111. The van der Waals surface area contributed by atoms with Crippen LogP contribution >= 0.6 is 0 Å². The van der Waals surface area contributed by atoms with E-state index in [9.17, 15) is 4.39 Å². The van der Waals surface area contributed by atoms with Crippen molar-refractivity contribution in [2.75, 3.05) is 18.0 Å². The Balaban J connectivity index is 1.67. The van der Waals surface area contributed by atoms with Crippen LogP contribution in [0.2, 0.25) is 12.1 Å². The molecule has 6 heteroatoms. The summed E-state index contributed by atoms with van der Waals surface area (Å²) in [4.78, 5) is 6.72. The van der Waals surface area contributed by atoms with Gasteiger partial charge in [0.2, 0.25) is 5.88 Å². The van der Waals surface area contributed by atoms with Gasteiger partial charge in [-0.1, -0.05) is 25.1 Å². The molecule has 1 aliphatic heterocycles. The lowest BCUT2D eigenvalue weighted by Crippen LogP contribution is -2.41. The van der Waals surface area contributed by atoms with Gasteiger partial charge in [0.05, 0.1) is 0 Å². The summed E-state index contributed by atoms with van der Waals surface area (Å²) in [6.45, 7) is 5.83. The second kappa shape index (κ2) is 7.56. The van der Waals surface area contributed by atoms with E-state index in [0.29, 0.717) is 17.3 Å². The Kier molecular flexibility index (Phi) is 5.23. The summed E-state index contributed by atoms with van der Waals surface area (Å²) < 4.78 is 19.6. The fraction of sp³-hybridized carbons (Fsp3) is 0.368. The number of nitrogens with zero attached hydrogens (tertiary/aromatic N) is 3. The molecule has 0 aliphatic carbocycles. The van der Waals surface area contributed by atoms with Gasteiger partial charge in [-0.2, -0.15) is 4.98 Å². The highest BCUT2D eigenvalue weighted by Crippen LogP contribution is 2.26. The number of aromatic nitrogens is 1. The lowest BCUT2D eigenvalue weighted by molar-refractivity contribution is 0.288. The average Bonchev–Trinajstić information content (AvgIpc) is 2.61. The number of hydrogen-bond acceptors (Lipinski definition) is 4. The lowest BCUT2D eigenvalue weighted by atomic mass is 9.39. The van der Waals surface area contributed by atoms with Crippen LogP contribution in [-0.2, 0) is 6.61 Å². The number of benzene rings is 1. The summed E-state index contributed by atoms with van der Waals surface area (Å²) in [5.74, 6) is 3.75. The smallest absolute Gasteiger partial charge is 0.274 e. The topological polar surface area (TPSA) is 49.1 Å². The maximum Gasteiger partial charge on any atom is 0.274 e. The molecule has 128 valence electrons. The molecule has 1 saturated heterocycles. The summed E-state index contributed by atoms with van der Waals surface area (Å²) in [5.41, 5.74) is 1.40. The molecule has 0 saturated carbocycles. The predicted octanol–water partition coefficient (Wildman–Crippen LogP) is 3.88. The first kappa shape index (κ1) is 17.3. The molecule has 0 spiro atoms. The van der Waals surface area contributed by atoms with Crippen molar-refractivity contribution in [2.24, 2.45) is 0 Å². The molecule has 1 aromatic carbocycles. The van der Waals surface area contributed by atoms with E-state index in [1.54, 1.807) is 12.1 Å². The Bertz CT molecular complexity index is 792. The van der Waals surface area contributed by atoms with Crippen molar-refractivity contribution >= 4 is 12.5 Å². The van der Waals surface area contributed by atoms with Crippen LogP contribution in [0.1, 0.15) is 18.1 Å². The minimum atomic E-state index is -0.261. The SMILES string of the molecule is Cc1ccc(COc2cccc(N3CCB(C#N)[C@@H](C)C3)n2)c(F)c1. The number of ether oxygens (including phenoxy) is 1. The van der Waals surface area contributed by atoms with Crippen molar-refractivity contribution in [1.29, 1.82) is 5.26 Å². The summed E-state index contributed by atoms with van der Waals surface area (Å²) >= 11 is 0. The Labute approximate surface area is 148 Å². The third-order valence-electron chi connectivity index (χ3n) is 4.69. The number of pyridine rings is 1. The van der Waals surface area contributed by atoms with Gasteiger partial charge in [0.1, 0.15) is 18.2 Å². The van der Waals surface area contributed by atoms with E-state index in [2.05, 4.69) is 22.8 Å². The van der Waals surface area contributed by atoms with Crippen LogP contribution in [0, 0.1) is 24.0 Å².